The van der Waals surface area contributed by atoms with Gasteiger partial charge < -0.3 is 9.72 Å². The van der Waals surface area contributed by atoms with E-state index in [0.717, 1.165) is 16.9 Å². The molecule has 0 saturated carbocycles. The zero-order valence-corrected chi connectivity index (χ0v) is 15.0. The number of pyridine rings is 1. The van der Waals surface area contributed by atoms with Crippen molar-refractivity contribution in [3.05, 3.63) is 69.9 Å². The van der Waals surface area contributed by atoms with Gasteiger partial charge in [0.15, 0.2) is 0 Å². The van der Waals surface area contributed by atoms with Crippen molar-refractivity contribution < 1.29 is 4.74 Å². The Bertz CT molecular complexity index is 1010. The quantitative estimate of drug-likeness (QED) is 0.767. The second kappa shape index (κ2) is 7.28. The first-order valence-corrected chi connectivity index (χ1v) is 8.39. The molecule has 0 fully saturated rings. The molecule has 0 aliphatic rings. The number of rotatable bonds is 5. The molecule has 2 heterocycles. The normalized spacial score (nSPS) is 10.7. The molecular formula is C20H20N4O2. The standard InChI is InChI=1S/C20H20N4O2/c1-13(2)26-19-6-5-15(10-16(19)12-24-8-4-7-22-24)17-9-14(3)23-20(25)18(17)11-21/h4-10,13H,12H2,1-3H3,(H,23,25). The highest BCUT2D eigenvalue weighted by Gasteiger charge is 2.14. The van der Waals surface area contributed by atoms with E-state index in [9.17, 15) is 10.1 Å². The van der Waals surface area contributed by atoms with Crippen molar-refractivity contribution in [2.24, 2.45) is 0 Å². The minimum absolute atomic E-state index is 0.0358. The van der Waals surface area contributed by atoms with Crippen LogP contribution in [-0.2, 0) is 6.54 Å². The van der Waals surface area contributed by atoms with Gasteiger partial charge >= 0.3 is 0 Å². The number of nitrogens with zero attached hydrogens (tertiary/aromatic N) is 3. The first-order chi connectivity index (χ1) is 12.5. The van der Waals surface area contributed by atoms with Crippen LogP contribution in [0.2, 0.25) is 0 Å². The molecule has 3 aromatic rings. The Balaban J connectivity index is 2.13. The first-order valence-electron chi connectivity index (χ1n) is 8.39. The molecule has 2 aromatic heterocycles. The molecule has 1 aromatic carbocycles. The van der Waals surface area contributed by atoms with Gasteiger partial charge in [-0.1, -0.05) is 6.07 Å². The highest BCUT2D eigenvalue weighted by molar-refractivity contribution is 5.71. The number of nitrogens with one attached hydrogen (secondary N) is 1. The Hall–Kier alpha value is -3.33. The Morgan fingerprint density at radius 1 is 1.35 bits per heavy atom. The summed E-state index contributed by atoms with van der Waals surface area (Å²) >= 11 is 0. The Kier molecular flexibility index (Phi) is 4.90. The van der Waals surface area contributed by atoms with E-state index < -0.39 is 0 Å². The smallest absolute Gasteiger partial charge is 0.266 e. The fourth-order valence-electron chi connectivity index (χ4n) is 2.84. The Labute approximate surface area is 151 Å². The van der Waals surface area contributed by atoms with Crippen molar-refractivity contribution in [1.82, 2.24) is 14.8 Å². The number of hydrogen-bond donors (Lipinski definition) is 1. The van der Waals surface area contributed by atoms with Gasteiger partial charge in [0, 0.05) is 29.2 Å². The summed E-state index contributed by atoms with van der Waals surface area (Å²) in [6, 6.07) is 11.4. The largest absolute Gasteiger partial charge is 0.491 e. The third-order valence-corrected chi connectivity index (χ3v) is 3.91. The van der Waals surface area contributed by atoms with E-state index in [1.165, 1.54) is 0 Å². The molecule has 0 saturated heterocycles. The summed E-state index contributed by atoms with van der Waals surface area (Å²) in [7, 11) is 0. The Morgan fingerprint density at radius 2 is 2.15 bits per heavy atom. The van der Waals surface area contributed by atoms with Crippen molar-refractivity contribution in [1.29, 1.82) is 5.26 Å². The maximum Gasteiger partial charge on any atom is 0.266 e. The summed E-state index contributed by atoms with van der Waals surface area (Å²) in [5, 5.41) is 13.6. The van der Waals surface area contributed by atoms with Crippen LogP contribution in [0, 0.1) is 18.3 Å². The van der Waals surface area contributed by atoms with Crippen molar-refractivity contribution in [3.8, 4) is 22.9 Å². The predicted molar refractivity (Wildman–Crippen MR) is 99.0 cm³/mol. The fourth-order valence-corrected chi connectivity index (χ4v) is 2.84. The molecule has 0 aliphatic heterocycles. The molecule has 0 radical (unpaired) electrons. The minimum Gasteiger partial charge on any atom is -0.491 e. The lowest BCUT2D eigenvalue weighted by molar-refractivity contribution is 0.239. The maximum absolute atomic E-state index is 12.1. The average molecular weight is 348 g/mol. The molecule has 0 atom stereocenters. The third-order valence-electron chi connectivity index (χ3n) is 3.91. The number of ether oxygens (including phenoxy) is 1. The van der Waals surface area contributed by atoms with Crippen LogP contribution in [0.5, 0.6) is 5.75 Å². The number of hydrogen-bond acceptors (Lipinski definition) is 4. The van der Waals surface area contributed by atoms with Crippen molar-refractivity contribution in [2.75, 3.05) is 0 Å². The van der Waals surface area contributed by atoms with E-state index in [2.05, 4.69) is 10.1 Å². The van der Waals surface area contributed by atoms with Crippen LogP contribution in [0.15, 0.2) is 47.5 Å². The zero-order valence-electron chi connectivity index (χ0n) is 15.0. The summed E-state index contributed by atoms with van der Waals surface area (Å²) in [5.74, 6) is 0.763. The van der Waals surface area contributed by atoms with E-state index in [1.54, 1.807) is 17.8 Å². The van der Waals surface area contributed by atoms with Crippen molar-refractivity contribution >= 4 is 0 Å². The molecule has 3 rings (SSSR count). The highest BCUT2D eigenvalue weighted by Crippen LogP contribution is 2.29. The molecular weight excluding hydrogens is 328 g/mol. The summed E-state index contributed by atoms with van der Waals surface area (Å²) in [4.78, 5) is 14.8. The molecule has 0 aliphatic carbocycles. The van der Waals surface area contributed by atoms with Crippen LogP contribution in [0.3, 0.4) is 0 Å². The molecule has 0 amide bonds. The second-order valence-corrected chi connectivity index (χ2v) is 6.37. The van der Waals surface area contributed by atoms with E-state index in [1.807, 2.05) is 56.4 Å². The van der Waals surface area contributed by atoms with Gasteiger partial charge in [0.05, 0.1) is 12.6 Å². The summed E-state index contributed by atoms with van der Waals surface area (Å²) in [5.41, 5.74) is 2.79. The van der Waals surface area contributed by atoms with Gasteiger partial charge in [-0.2, -0.15) is 10.4 Å². The van der Waals surface area contributed by atoms with Gasteiger partial charge in [-0.25, -0.2) is 0 Å². The van der Waals surface area contributed by atoms with E-state index in [4.69, 9.17) is 4.74 Å². The van der Waals surface area contributed by atoms with E-state index >= 15 is 0 Å². The average Bonchev–Trinajstić information content (AvgIpc) is 3.08. The van der Waals surface area contributed by atoms with Gasteiger partial charge in [0.1, 0.15) is 17.4 Å². The molecule has 1 N–H and O–H groups in total. The van der Waals surface area contributed by atoms with Gasteiger partial charge in [-0.05, 0) is 50.6 Å². The second-order valence-electron chi connectivity index (χ2n) is 6.37. The zero-order chi connectivity index (χ0) is 18.7. The number of H-pyrrole nitrogens is 1. The van der Waals surface area contributed by atoms with Crippen molar-refractivity contribution in [2.45, 2.75) is 33.4 Å². The SMILES string of the molecule is Cc1cc(-c2ccc(OC(C)C)c(Cn3cccn3)c2)c(C#N)c(=O)[nH]1. The molecule has 6 nitrogen and oxygen atoms in total. The van der Waals surface area contributed by atoms with Gasteiger partial charge in [0.2, 0.25) is 0 Å². The lowest BCUT2D eigenvalue weighted by atomic mass is 9.98. The van der Waals surface area contributed by atoms with Crippen LogP contribution < -0.4 is 10.3 Å². The fraction of sp³-hybridized carbons (Fsp3) is 0.250. The topological polar surface area (TPSA) is 83.7 Å². The summed E-state index contributed by atoms with van der Waals surface area (Å²) in [6.45, 7) is 6.28. The van der Waals surface area contributed by atoms with Crippen LogP contribution >= 0.6 is 0 Å². The molecule has 132 valence electrons. The van der Waals surface area contributed by atoms with Crippen LogP contribution in [0.25, 0.3) is 11.1 Å². The first kappa shape index (κ1) is 17.5. The van der Waals surface area contributed by atoms with E-state index in [-0.39, 0.29) is 17.2 Å². The number of aromatic nitrogens is 3. The Morgan fingerprint density at radius 3 is 2.81 bits per heavy atom. The van der Waals surface area contributed by atoms with Crippen molar-refractivity contribution in [3.63, 3.8) is 0 Å². The predicted octanol–water partition coefficient (Wildman–Crippen LogP) is 3.25. The summed E-state index contributed by atoms with van der Waals surface area (Å²) < 4.78 is 7.72. The molecule has 26 heavy (non-hydrogen) atoms. The number of benzene rings is 1. The minimum atomic E-state index is -0.376. The maximum atomic E-state index is 12.1. The molecule has 0 unspecified atom stereocenters. The van der Waals surface area contributed by atoms with Crippen LogP contribution in [-0.4, -0.2) is 20.9 Å². The molecule has 6 heteroatoms. The lowest BCUT2D eigenvalue weighted by Crippen LogP contribution is -2.13. The van der Waals surface area contributed by atoms with Gasteiger partial charge in [0.25, 0.3) is 5.56 Å². The van der Waals surface area contributed by atoms with Crippen LogP contribution in [0.1, 0.15) is 30.7 Å². The monoisotopic (exact) mass is 348 g/mol. The molecule has 0 spiro atoms. The number of aromatic amines is 1. The molecule has 0 bridgehead atoms. The lowest BCUT2D eigenvalue weighted by Gasteiger charge is -2.16. The van der Waals surface area contributed by atoms with Gasteiger partial charge in [-0.15, -0.1) is 0 Å². The number of aryl methyl sites for hydroxylation is 1. The number of nitriles is 1. The van der Waals surface area contributed by atoms with E-state index in [0.29, 0.717) is 17.8 Å². The highest BCUT2D eigenvalue weighted by atomic mass is 16.5. The van der Waals surface area contributed by atoms with Gasteiger partial charge in [-0.3, -0.25) is 9.48 Å². The summed E-state index contributed by atoms with van der Waals surface area (Å²) in [6.07, 6.45) is 3.64. The third kappa shape index (κ3) is 3.67. The van der Waals surface area contributed by atoms with Crippen LogP contribution in [0.4, 0.5) is 0 Å².